The second-order valence-electron chi connectivity index (χ2n) is 5.28. The van der Waals surface area contributed by atoms with E-state index < -0.39 is 0 Å². The third kappa shape index (κ3) is 3.00. The Balaban J connectivity index is 1.74. The Bertz CT molecular complexity index is 457. The van der Waals surface area contributed by atoms with Crippen molar-refractivity contribution < 1.29 is 4.79 Å². The summed E-state index contributed by atoms with van der Waals surface area (Å²) in [6.45, 7) is 4.86. The van der Waals surface area contributed by atoms with Crippen molar-refractivity contribution in [2.75, 3.05) is 45.0 Å². The molecule has 2 heterocycles. The number of halogens is 1. The Morgan fingerprint density at radius 1 is 1.25 bits per heavy atom. The van der Waals surface area contributed by atoms with E-state index in [-0.39, 0.29) is 6.03 Å². The van der Waals surface area contributed by atoms with Crippen molar-refractivity contribution in [2.24, 2.45) is 0 Å². The van der Waals surface area contributed by atoms with Gasteiger partial charge in [0.2, 0.25) is 0 Å². The SMILES string of the molecule is O=C(N1CCNCC1)N1CCSC2=CCCC(Cl)=C2C1. The zero-order valence-electron chi connectivity index (χ0n) is 11.5. The van der Waals surface area contributed by atoms with Crippen molar-refractivity contribution in [2.45, 2.75) is 12.8 Å². The van der Waals surface area contributed by atoms with E-state index >= 15 is 0 Å². The Labute approximate surface area is 129 Å². The summed E-state index contributed by atoms with van der Waals surface area (Å²) in [5.41, 5.74) is 1.17. The zero-order valence-corrected chi connectivity index (χ0v) is 13.1. The highest BCUT2D eigenvalue weighted by atomic mass is 35.5. The van der Waals surface area contributed by atoms with Gasteiger partial charge in [0.05, 0.1) is 0 Å². The first-order chi connectivity index (χ1) is 9.75. The molecule has 3 rings (SSSR count). The molecule has 0 aromatic heterocycles. The summed E-state index contributed by atoms with van der Waals surface area (Å²) in [6, 6.07) is 0.163. The van der Waals surface area contributed by atoms with Crippen LogP contribution in [0.3, 0.4) is 0 Å². The molecule has 3 aliphatic rings. The molecule has 2 fully saturated rings. The van der Waals surface area contributed by atoms with E-state index in [1.54, 1.807) is 0 Å². The fourth-order valence-electron chi connectivity index (χ4n) is 2.80. The fraction of sp³-hybridized carbons (Fsp3) is 0.643. The first kappa shape index (κ1) is 14.3. The summed E-state index contributed by atoms with van der Waals surface area (Å²) < 4.78 is 0. The van der Waals surface area contributed by atoms with Crippen molar-refractivity contribution in [3.63, 3.8) is 0 Å². The van der Waals surface area contributed by atoms with Crippen molar-refractivity contribution in [1.29, 1.82) is 0 Å². The smallest absolute Gasteiger partial charge is 0.320 e. The topological polar surface area (TPSA) is 35.6 Å². The number of piperazine rings is 1. The number of thioether (sulfide) groups is 1. The average molecular weight is 314 g/mol. The van der Waals surface area contributed by atoms with E-state index in [2.05, 4.69) is 11.4 Å². The molecule has 0 aromatic carbocycles. The lowest BCUT2D eigenvalue weighted by molar-refractivity contribution is 0.153. The molecule has 0 aromatic rings. The minimum atomic E-state index is 0.163. The third-order valence-corrected chi connectivity index (χ3v) is 5.47. The summed E-state index contributed by atoms with van der Waals surface area (Å²) in [5, 5.41) is 4.22. The average Bonchev–Trinajstić information content (AvgIpc) is 2.71. The molecule has 6 heteroatoms. The maximum atomic E-state index is 12.6. The lowest BCUT2D eigenvalue weighted by atomic mass is 10.1. The van der Waals surface area contributed by atoms with Gasteiger partial charge in [-0.3, -0.25) is 0 Å². The number of rotatable bonds is 0. The molecule has 0 saturated carbocycles. The van der Waals surface area contributed by atoms with Gasteiger partial charge in [0, 0.05) is 55.0 Å². The Morgan fingerprint density at radius 3 is 2.85 bits per heavy atom. The first-order valence-corrected chi connectivity index (χ1v) is 8.57. The molecule has 1 aliphatic carbocycles. The van der Waals surface area contributed by atoms with Crippen LogP contribution in [-0.4, -0.2) is 60.9 Å². The summed E-state index contributed by atoms with van der Waals surface area (Å²) >= 11 is 8.22. The van der Waals surface area contributed by atoms with Gasteiger partial charge in [-0.15, -0.1) is 11.8 Å². The second kappa shape index (κ2) is 6.41. The van der Waals surface area contributed by atoms with Gasteiger partial charge in [-0.1, -0.05) is 17.7 Å². The van der Waals surface area contributed by atoms with E-state index in [9.17, 15) is 4.79 Å². The van der Waals surface area contributed by atoms with Crippen LogP contribution < -0.4 is 5.32 Å². The molecule has 0 radical (unpaired) electrons. The molecule has 20 heavy (non-hydrogen) atoms. The van der Waals surface area contributed by atoms with E-state index in [0.29, 0.717) is 6.54 Å². The van der Waals surface area contributed by atoms with Gasteiger partial charge in [-0.05, 0) is 18.4 Å². The highest BCUT2D eigenvalue weighted by Crippen LogP contribution is 2.37. The monoisotopic (exact) mass is 313 g/mol. The summed E-state index contributed by atoms with van der Waals surface area (Å²) in [6.07, 6.45) is 4.21. The molecule has 1 N–H and O–H groups in total. The Kier molecular flexibility index (Phi) is 4.58. The molecule has 2 amide bonds. The third-order valence-electron chi connectivity index (χ3n) is 3.94. The number of allylic oxidation sites excluding steroid dienone is 2. The molecule has 0 unspecified atom stereocenters. The van der Waals surface area contributed by atoms with E-state index in [1.807, 2.05) is 21.6 Å². The normalized spacial score (nSPS) is 24.1. The van der Waals surface area contributed by atoms with Crippen LogP contribution in [0.2, 0.25) is 0 Å². The quantitative estimate of drug-likeness (QED) is 0.745. The van der Waals surface area contributed by atoms with Crippen LogP contribution >= 0.6 is 23.4 Å². The van der Waals surface area contributed by atoms with Gasteiger partial charge in [0.15, 0.2) is 0 Å². The lowest BCUT2D eigenvalue weighted by Gasteiger charge is -2.33. The number of hydrogen-bond donors (Lipinski definition) is 1. The van der Waals surface area contributed by atoms with Crippen molar-refractivity contribution >= 4 is 29.4 Å². The summed E-state index contributed by atoms with van der Waals surface area (Å²) in [4.78, 5) is 17.8. The van der Waals surface area contributed by atoms with Gasteiger partial charge < -0.3 is 15.1 Å². The molecule has 110 valence electrons. The number of hydrogen-bond acceptors (Lipinski definition) is 3. The van der Waals surface area contributed by atoms with E-state index in [4.69, 9.17) is 11.6 Å². The van der Waals surface area contributed by atoms with Gasteiger partial charge in [0.1, 0.15) is 0 Å². The van der Waals surface area contributed by atoms with Gasteiger partial charge in [0.25, 0.3) is 0 Å². The van der Waals surface area contributed by atoms with Gasteiger partial charge >= 0.3 is 6.03 Å². The highest BCUT2D eigenvalue weighted by molar-refractivity contribution is 8.03. The number of carbonyl (C=O) groups excluding carboxylic acids is 1. The minimum Gasteiger partial charge on any atom is -0.322 e. The number of carbonyl (C=O) groups is 1. The standard InChI is InChI=1S/C14H20ClN3OS/c15-12-2-1-3-13-11(12)10-18(8-9-20-13)14(19)17-6-4-16-5-7-17/h3,16H,1-2,4-10H2. The van der Waals surface area contributed by atoms with Crippen LogP contribution in [0.5, 0.6) is 0 Å². The van der Waals surface area contributed by atoms with Crippen molar-refractivity contribution in [3.05, 3.63) is 21.6 Å². The van der Waals surface area contributed by atoms with Gasteiger partial charge in [-0.2, -0.15) is 0 Å². The second-order valence-corrected chi connectivity index (χ2v) is 6.87. The maximum Gasteiger partial charge on any atom is 0.320 e. The van der Waals surface area contributed by atoms with Gasteiger partial charge in [-0.25, -0.2) is 4.79 Å². The van der Waals surface area contributed by atoms with Crippen LogP contribution in [0.25, 0.3) is 0 Å². The number of nitrogens with one attached hydrogen (secondary N) is 1. The van der Waals surface area contributed by atoms with Crippen LogP contribution in [0.4, 0.5) is 4.79 Å². The van der Waals surface area contributed by atoms with Crippen LogP contribution in [0.1, 0.15) is 12.8 Å². The summed E-state index contributed by atoms with van der Waals surface area (Å²) in [5.74, 6) is 0.956. The minimum absolute atomic E-state index is 0.163. The number of amides is 2. The fourth-order valence-corrected chi connectivity index (χ4v) is 4.26. The van der Waals surface area contributed by atoms with E-state index in [1.165, 1.54) is 10.5 Å². The molecule has 4 nitrogen and oxygen atoms in total. The molecule has 2 aliphatic heterocycles. The predicted octanol–water partition coefficient (Wildman–Crippen LogP) is 2.23. The van der Waals surface area contributed by atoms with Crippen LogP contribution in [0.15, 0.2) is 21.6 Å². The molecule has 2 saturated heterocycles. The molecular formula is C14H20ClN3OS. The van der Waals surface area contributed by atoms with Crippen LogP contribution in [0, 0.1) is 0 Å². The van der Waals surface area contributed by atoms with Crippen molar-refractivity contribution in [3.8, 4) is 0 Å². The summed E-state index contributed by atoms with van der Waals surface area (Å²) in [7, 11) is 0. The number of urea groups is 1. The Hall–Kier alpha value is -0.650. The largest absolute Gasteiger partial charge is 0.322 e. The van der Waals surface area contributed by atoms with Crippen LogP contribution in [-0.2, 0) is 0 Å². The zero-order chi connectivity index (χ0) is 13.9. The predicted molar refractivity (Wildman–Crippen MR) is 84.1 cm³/mol. The number of fused-ring (bicyclic) bond motifs is 1. The number of nitrogens with zero attached hydrogens (tertiary/aromatic N) is 2. The maximum absolute atomic E-state index is 12.6. The van der Waals surface area contributed by atoms with Crippen molar-refractivity contribution in [1.82, 2.24) is 15.1 Å². The molecule has 0 atom stereocenters. The Morgan fingerprint density at radius 2 is 2.05 bits per heavy atom. The highest BCUT2D eigenvalue weighted by Gasteiger charge is 2.28. The lowest BCUT2D eigenvalue weighted by Crippen LogP contribution is -2.52. The molecule has 0 spiro atoms. The molecule has 0 bridgehead atoms. The first-order valence-electron chi connectivity index (χ1n) is 7.21. The van der Waals surface area contributed by atoms with E-state index in [0.717, 1.165) is 56.4 Å². The molecular weight excluding hydrogens is 294 g/mol.